The second-order valence-corrected chi connectivity index (χ2v) is 7.20. The first-order valence-corrected chi connectivity index (χ1v) is 8.05. The highest BCUT2D eigenvalue weighted by Crippen LogP contribution is 2.27. The Kier molecular flexibility index (Phi) is 3.86. The van der Waals surface area contributed by atoms with Gasteiger partial charge in [-0.2, -0.15) is 0 Å². The van der Waals surface area contributed by atoms with Crippen molar-refractivity contribution in [3.8, 4) is 0 Å². The average molecular weight is 313 g/mol. The van der Waals surface area contributed by atoms with E-state index in [0.717, 1.165) is 0 Å². The van der Waals surface area contributed by atoms with Gasteiger partial charge < -0.3 is 10.6 Å². The summed E-state index contributed by atoms with van der Waals surface area (Å²) in [5, 5.41) is 10.8. The predicted molar refractivity (Wildman–Crippen MR) is 76.7 cm³/mol. The maximum Gasteiger partial charge on any atom is 0.292 e. The Balaban J connectivity index is 2.28. The first-order chi connectivity index (χ1) is 9.73. The molecule has 0 radical (unpaired) electrons. The Morgan fingerprint density at radius 2 is 2.14 bits per heavy atom. The van der Waals surface area contributed by atoms with Crippen LogP contribution in [-0.2, 0) is 9.84 Å². The third kappa shape index (κ3) is 2.97. The normalized spacial score (nSPS) is 20.1. The van der Waals surface area contributed by atoms with Crippen molar-refractivity contribution < 1.29 is 18.1 Å². The summed E-state index contributed by atoms with van der Waals surface area (Å²) in [6.07, 6.45) is 0.361. The van der Waals surface area contributed by atoms with Gasteiger partial charge in [0, 0.05) is 19.2 Å². The van der Waals surface area contributed by atoms with Crippen molar-refractivity contribution in [2.45, 2.75) is 12.5 Å². The van der Waals surface area contributed by atoms with E-state index in [1.807, 2.05) is 0 Å². The molecule has 21 heavy (non-hydrogen) atoms. The Morgan fingerprint density at radius 1 is 1.48 bits per heavy atom. The predicted octanol–water partition coefficient (Wildman–Crippen LogP) is 0.436. The van der Waals surface area contributed by atoms with E-state index in [4.69, 9.17) is 5.73 Å². The first kappa shape index (κ1) is 15.2. The van der Waals surface area contributed by atoms with Crippen LogP contribution < -0.4 is 5.73 Å². The van der Waals surface area contributed by atoms with Gasteiger partial charge in [-0.25, -0.2) is 8.42 Å². The van der Waals surface area contributed by atoms with Gasteiger partial charge in [-0.05, 0) is 12.5 Å². The van der Waals surface area contributed by atoms with Gasteiger partial charge in [-0.1, -0.05) is 6.07 Å². The number of carbonyl (C=O) groups excluding carboxylic acids is 1. The molecule has 1 aromatic carbocycles. The van der Waals surface area contributed by atoms with Crippen LogP contribution in [0.1, 0.15) is 16.8 Å². The largest absolute Gasteiger partial charge is 0.393 e. The number of para-hydroxylation sites is 1. The lowest BCUT2D eigenvalue weighted by atomic mass is 10.1. The molecule has 9 heteroatoms. The minimum atomic E-state index is -3.12. The van der Waals surface area contributed by atoms with Crippen LogP contribution in [0.15, 0.2) is 18.2 Å². The van der Waals surface area contributed by atoms with Crippen LogP contribution >= 0.6 is 0 Å². The average Bonchev–Trinajstić information content (AvgIpc) is 2.77. The van der Waals surface area contributed by atoms with E-state index in [2.05, 4.69) is 0 Å². The van der Waals surface area contributed by atoms with E-state index in [-0.39, 0.29) is 28.4 Å². The molecule has 2 N–H and O–H groups in total. The molecule has 1 amide bonds. The van der Waals surface area contributed by atoms with Crippen molar-refractivity contribution in [3.05, 3.63) is 33.9 Å². The van der Waals surface area contributed by atoms with Gasteiger partial charge in [0.05, 0.1) is 22.0 Å². The number of hydrogen-bond acceptors (Lipinski definition) is 6. The van der Waals surface area contributed by atoms with Crippen LogP contribution in [0.25, 0.3) is 0 Å². The van der Waals surface area contributed by atoms with Gasteiger partial charge in [-0.15, -0.1) is 0 Å². The van der Waals surface area contributed by atoms with Crippen LogP contribution in [0.5, 0.6) is 0 Å². The van der Waals surface area contributed by atoms with Crippen LogP contribution in [0.4, 0.5) is 11.4 Å². The lowest BCUT2D eigenvalue weighted by molar-refractivity contribution is -0.383. The summed E-state index contributed by atoms with van der Waals surface area (Å²) < 4.78 is 22.9. The van der Waals surface area contributed by atoms with Crippen molar-refractivity contribution in [3.63, 3.8) is 0 Å². The number of carbonyl (C=O) groups is 1. The maximum atomic E-state index is 12.4. The number of nitrogen functional groups attached to an aromatic ring is 1. The molecule has 1 aliphatic rings. The number of nitrogens with two attached hydrogens (primary N) is 1. The molecule has 1 heterocycles. The Labute approximate surface area is 121 Å². The molecule has 0 bridgehead atoms. The van der Waals surface area contributed by atoms with Gasteiger partial charge in [0.25, 0.3) is 11.6 Å². The van der Waals surface area contributed by atoms with Gasteiger partial charge in [0.15, 0.2) is 9.84 Å². The first-order valence-electron chi connectivity index (χ1n) is 6.23. The van der Waals surface area contributed by atoms with E-state index in [1.54, 1.807) is 0 Å². The van der Waals surface area contributed by atoms with E-state index in [9.17, 15) is 23.3 Å². The van der Waals surface area contributed by atoms with Crippen molar-refractivity contribution >= 4 is 27.1 Å². The molecular weight excluding hydrogens is 298 g/mol. The zero-order valence-corrected chi connectivity index (χ0v) is 12.2. The van der Waals surface area contributed by atoms with E-state index < -0.39 is 26.7 Å². The molecular formula is C12H15N3O5S. The molecule has 114 valence electrons. The Hall–Kier alpha value is -2.16. The highest BCUT2D eigenvalue weighted by Gasteiger charge is 2.34. The minimum Gasteiger partial charge on any atom is -0.393 e. The standard InChI is InChI=1S/C12H15N3O5S/c1-14(8-5-6-21(19,20)7-8)12(16)9-3-2-4-10(11(9)13)15(17)18/h2-4,8H,5-7,13H2,1H3. The molecule has 1 aliphatic heterocycles. The monoisotopic (exact) mass is 313 g/mol. The summed E-state index contributed by atoms with van der Waals surface area (Å²) in [6.45, 7) is 0. The second kappa shape index (κ2) is 5.32. The van der Waals surface area contributed by atoms with Crippen molar-refractivity contribution in [1.82, 2.24) is 4.90 Å². The molecule has 0 aliphatic carbocycles. The third-order valence-electron chi connectivity index (χ3n) is 3.59. The number of nitro groups is 1. The minimum absolute atomic E-state index is 0.0102. The maximum absolute atomic E-state index is 12.4. The smallest absolute Gasteiger partial charge is 0.292 e. The van der Waals surface area contributed by atoms with Crippen molar-refractivity contribution in [2.24, 2.45) is 0 Å². The molecule has 2 rings (SSSR count). The van der Waals surface area contributed by atoms with Crippen LogP contribution in [0.3, 0.4) is 0 Å². The fourth-order valence-electron chi connectivity index (χ4n) is 2.34. The number of anilines is 1. The summed E-state index contributed by atoms with van der Waals surface area (Å²) in [5.41, 5.74) is 5.13. The van der Waals surface area contributed by atoms with Gasteiger partial charge >= 0.3 is 0 Å². The fraction of sp³-hybridized carbons (Fsp3) is 0.417. The zero-order valence-electron chi connectivity index (χ0n) is 11.4. The molecule has 0 saturated carbocycles. The highest BCUT2D eigenvalue weighted by molar-refractivity contribution is 7.91. The molecule has 0 aromatic heterocycles. The number of amides is 1. The Bertz CT molecular complexity index is 701. The van der Waals surface area contributed by atoms with Gasteiger partial charge in [0.2, 0.25) is 0 Å². The molecule has 8 nitrogen and oxygen atoms in total. The van der Waals surface area contributed by atoms with E-state index in [0.29, 0.717) is 6.42 Å². The molecule has 1 unspecified atom stereocenters. The van der Waals surface area contributed by atoms with Crippen LogP contribution in [0, 0.1) is 10.1 Å². The summed E-state index contributed by atoms with van der Waals surface area (Å²) in [4.78, 5) is 23.8. The SMILES string of the molecule is CN(C(=O)c1cccc([N+](=O)[O-])c1N)C1CCS(=O)(=O)C1. The second-order valence-electron chi connectivity index (χ2n) is 4.97. The third-order valence-corrected chi connectivity index (χ3v) is 5.34. The summed E-state index contributed by atoms with van der Waals surface area (Å²) in [6, 6.07) is 3.55. The van der Waals surface area contributed by atoms with Crippen LogP contribution in [-0.4, -0.2) is 48.7 Å². The number of nitrogens with zero attached hydrogens (tertiary/aromatic N) is 2. The summed E-state index contributed by atoms with van der Waals surface area (Å²) >= 11 is 0. The number of benzene rings is 1. The molecule has 1 atom stereocenters. The summed E-state index contributed by atoms with van der Waals surface area (Å²) in [5.74, 6) is -0.567. The van der Waals surface area contributed by atoms with Crippen molar-refractivity contribution in [1.29, 1.82) is 0 Å². The molecule has 1 aromatic rings. The highest BCUT2D eigenvalue weighted by atomic mass is 32.2. The molecule has 0 spiro atoms. The number of nitro benzene ring substituents is 1. The summed E-state index contributed by atoms with van der Waals surface area (Å²) in [7, 11) is -1.64. The fourth-order valence-corrected chi connectivity index (χ4v) is 4.11. The van der Waals surface area contributed by atoms with Gasteiger partial charge in [-0.3, -0.25) is 14.9 Å². The number of hydrogen-bond donors (Lipinski definition) is 1. The molecule has 1 saturated heterocycles. The van der Waals surface area contributed by atoms with E-state index in [1.165, 1.54) is 30.1 Å². The van der Waals surface area contributed by atoms with Gasteiger partial charge in [0.1, 0.15) is 5.69 Å². The lowest BCUT2D eigenvalue weighted by Crippen LogP contribution is -2.38. The number of rotatable bonds is 3. The van der Waals surface area contributed by atoms with E-state index >= 15 is 0 Å². The molecule has 1 fully saturated rings. The zero-order chi connectivity index (χ0) is 15.8. The van der Waals surface area contributed by atoms with Crippen molar-refractivity contribution in [2.75, 3.05) is 24.3 Å². The quantitative estimate of drug-likeness (QED) is 0.490. The number of sulfone groups is 1. The Morgan fingerprint density at radius 3 is 2.67 bits per heavy atom. The van der Waals surface area contributed by atoms with Crippen LogP contribution in [0.2, 0.25) is 0 Å². The topological polar surface area (TPSA) is 124 Å². The lowest BCUT2D eigenvalue weighted by Gasteiger charge is -2.23.